The van der Waals surface area contributed by atoms with E-state index in [1.54, 1.807) is 31.3 Å². The molecule has 13 heteroatoms. The molecule has 3 amide bonds. The first-order valence-corrected chi connectivity index (χ1v) is 10.0. The van der Waals surface area contributed by atoms with Gasteiger partial charge in [-0.25, -0.2) is 18.9 Å². The van der Waals surface area contributed by atoms with E-state index < -0.39 is 29.3 Å². The molecule has 0 bridgehead atoms. The SMILES string of the molecule is CC(=O)Nc1ncc2c(-c3ccc(NC(=O)Nc4cc(C(F)(F)F)ccc4F)cc3)nn(C)c2n1. The number of amides is 3. The number of hydrogen-bond donors (Lipinski definition) is 3. The van der Waals surface area contributed by atoms with Crippen molar-refractivity contribution in [2.75, 3.05) is 16.0 Å². The van der Waals surface area contributed by atoms with Crippen LogP contribution in [0.15, 0.2) is 48.7 Å². The predicted molar refractivity (Wildman–Crippen MR) is 120 cm³/mol. The number of urea groups is 1. The van der Waals surface area contributed by atoms with E-state index in [1.165, 1.54) is 17.8 Å². The van der Waals surface area contributed by atoms with Gasteiger partial charge in [-0.3, -0.25) is 10.1 Å². The number of hydrogen-bond acceptors (Lipinski definition) is 5. The van der Waals surface area contributed by atoms with Crippen LogP contribution in [0.5, 0.6) is 0 Å². The molecule has 0 aliphatic rings. The first-order valence-electron chi connectivity index (χ1n) is 10.0. The summed E-state index contributed by atoms with van der Waals surface area (Å²) in [5.74, 6) is -1.17. The van der Waals surface area contributed by atoms with Gasteiger partial charge >= 0.3 is 12.2 Å². The summed E-state index contributed by atoms with van der Waals surface area (Å²) in [5, 5.41) is 12.1. The van der Waals surface area contributed by atoms with E-state index in [0.717, 1.165) is 0 Å². The van der Waals surface area contributed by atoms with Gasteiger partial charge in [0.15, 0.2) is 5.65 Å². The molecule has 9 nitrogen and oxygen atoms in total. The molecule has 0 atom stereocenters. The van der Waals surface area contributed by atoms with Crippen LogP contribution in [0.2, 0.25) is 0 Å². The fourth-order valence-electron chi connectivity index (χ4n) is 3.26. The van der Waals surface area contributed by atoms with Crippen LogP contribution in [-0.2, 0) is 18.0 Å². The summed E-state index contributed by atoms with van der Waals surface area (Å²) in [6.07, 6.45) is -3.15. The Bertz CT molecular complexity index is 1430. The molecule has 0 aliphatic heterocycles. The van der Waals surface area contributed by atoms with Gasteiger partial charge in [-0.05, 0) is 30.3 Å². The lowest BCUT2D eigenvalue weighted by atomic mass is 10.1. The third-order valence-corrected chi connectivity index (χ3v) is 4.83. The van der Waals surface area contributed by atoms with E-state index in [9.17, 15) is 27.2 Å². The Morgan fingerprint density at radius 1 is 1.00 bits per heavy atom. The molecule has 4 aromatic rings. The zero-order valence-electron chi connectivity index (χ0n) is 18.2. The van der Waals surface area contributed by atoms with Crippen LogP contribution in [0.1, 0.15) is 12.5 Å². The first-order chi connectivity index (χ1) is 16.5. The Morgan fingerprint density at radius 2 is 1.71 bits per heavy atom. The zero-order chi connectivity index (χ0) is 25.3. The zero-order valence-corrected chi connectivity index (χ0v) is 18.2. The summed E-state index contributed by atoms with van der Waals surface area (Å²) >= 11 is 0. The smallest absolute Gasteiger partial charge is 0.308 e. The van der Waals surface area contributed by atoms with Crippen molar-refractivity contribution in [1.29, 1.82) is 0 Å². The minimum absolute atomic E-state index is 0.141. The number of nitrogens with zero attached hydrogens (tertiary/aromatic N) is 4. The molecule has 2 aromatic heterocycles. The topological polar surface area (TPSA) is 114 Å². The molecule has 0 spiro atoms. The van der Waals surface area contributed by atoms with Crippen LogP contribution in [0.25, 0.3) is 22.3 Å². The molecule has 2 aromatic carbocycles. The van der Waals surface area contributed by atoms with Gasteiger partial charge in [0.05, 0.1) is 16.6 Å². The Labute approximate surface area is 195 Å². The van der Waals surface area contributed by atoms with Gasteiger partial charge in [-0.1, -0.05) is 12.1 Å². The Kier molecular flexibility index (Phi) is 6.07. The average Bonchev–Trinajstić information content (AvgIpc) is 3.10. The van der Waals surface area contributed by atoms with Crippen LogP contribution in [0.4, 0.5) is 39.7 Å². The van der Waals surface area contributed by atoms with Crippen molar-refractivity contribution in [3.05, 3.63) is 60.0 Å². The number of aromatic nitrogens is 4. The maximum absolute atomic E-state index is 13.9. The largest absolute Gasteiger partial charge is 0.416 e. The average molecular weight is 487 g/mol. The lowest BCUT2D eigenvalue weighted by Gasteiger charge is -2.12. The standard InChI is InChI=1S/C22H17F4N7O2/c1-11(34)28-20-27-10-15-18(32-33(2)19(15)31-20)12-3-6-14(7-4-12)29-21(35)30-17-9-13(22(24,25)26)5-8-16(17)23/h3-10H,1-2H3,(H2,29,30,35)(H,27,28,31,34). The van der Waals surface area contributed by atoms with Crippen LogP contribution in [0.3, 0.4) is 0 Å². The summed E-state index contributed by atoms with van der Waals surface area (Å²) < 4.78 is 53.9. The van der Waals surface area contributed by atoms with Gasteiger partial charge in [0.1, 0.15) is 11.5 Å². The highest BCUT2D eigenvalue weighted by Crippen LogP contribution is 2.32. The molecule has 0 saturated carbocycles. The number of aryl methyl sites for hydroxylation is 1. The molecule has 0 fully saturated rings. The number of alkyl halides is 3. The van der Waals surface area contributed by atoms with Crippen molar-refractivity contribution < 1.29 is 27.2 Å². The van der Waals surface area contributed by atoms with Gasteiger partial charge in [-0.2, -0.15) is 23.3 Å². The monoisotopic (exact) mass is 487 g/mol. The molecule has 35 heavy (non-hydrogen) atoms. The summed E-state index contributed by atoms with van der Waals surface area (Å²) in [6.45, 7) is 1.34. The minimum atomic E-state index is -4.68. The number of carbonyl (C=O) groups is 2. The quantitative estimate of drug-likeness (QED) is 0.358. The van der Waals surface area contributed by atoms with E-state index in [-0.39, 0.29) is 11.9 Å². The van der Waals surface area contributed by atoms with Gasteiger partial charge in [-0.15, -0.1) is 0 Å². The number of nitrogens with one attached hydrogen (secondary N) is 3. The molecule has 0 saturated heterocycles. The number of benzene rings is 2. The van der Waals surface area contributed by atoms with E-state index in [4.69, 9.17) is 0 Å². The fourth-order valence-corrected chi connectivity index (χ4v) is 3.26. The number of rotatable bonds is 4. The summed E-state index contributed by atoms with van der Waals surface area (Å²) in [6, 6.07) is 7.22. The molecule has 3 N–H and O–H groups in total. The second-order valence-corrected chi connectivity index (χ2v) is 7.43. The number of carbonyl (C=O) groups excluding carboxylic acids is 2. The molecule has 4 rings (SSSR count). The molecule has 2 heterocycles. The molecule has 0 radical (unpaired) electrons. The van der Waals surface area contributed by atoms with Crippen molar-refractivity contribution in [2.24, 2.45) is 7.05 Å². The van der Waals surface area contributed by atoms with Crippen LogP contribution >= 0.6 is 0 Å². The fraction of sp³-hybridized carbons (Fsp3) is 0.136. The van der Waals surface area contributed by atoms with Crippen molar-refractivity contribution in [2.45, 2.75) is 13.1 Å². The second-order valence-electron chi connectivity index (χ2n) is 7.43. The van der Waals surface area contributed by atoms with E-state index in [0.29, 0.717) is 46.2 Å². The summed E-state index contributed by atoms with van der Waals surface area (Å²) in [4.78, 5) is 31.8. The lowest BCUT2D eigenvalue weighted by molar-refractivity contribution is -0.137. The second kappa shape index (κ2) is 9.00. The Morgan fingerprint density at radius 3 is 2.37 bits per heavy atom. The van der Waals surface area contributed by atoms with Crippen molar-refractivity contribution in [1.82, 2.24) is 19.7 Å². The minimum Gasteiger partial charge on any atom is -0.308 e. The molecule has 0 unspecified atom stereocenters. The van der Waals surface area contributed by atoms with Crippen molar-refractivity contribution >= 4 is 40.3 Å². The maximum atomic E-state index is 13.9. The van der Waals surface area contributed by atoms with Gasteiger partial charge in [0, 0.05) is 31.4 Å². The van der Waals surface area contributed by atoms with E-state index in [1.807, 2.05) is 0 Å². The molecular formula is C22H17F4N7O2. The molecule has 0 aliphatic carbocycles. The highest BCUT2D eigenvalue weighted by Gasteiger charge is 2.31. The van der Waals surface area contributed by atoms with Crippen LogP contribution in [-0.4, -0.2) is 31.7 Å². The number of halogens is 4. The highest BCUT2D eigenvalue weighted by atomic mass is 19.4. The lowest BCUT2D eigenvalue weighted by Crippen LogP contribution is -2.20. The number of anilines is 3. The first kappa shape index (κ1) is 23.6. The van der Waals surface area contributed by atoms with Crippen molar-refractivity contribution in [3.63, 3.8) is 0 Å². The normalized spacial score (nSPS) is 11.4. The molecular weight excluding hydrogens is 470 g/mol. The van der Waals surface area contributed by atoms with Gasteiger partial charge in [0.25, 0.3) is 0 Å². The van der Waals surface area contributed by atoms with Gasteiger partial charge < -0.3 is 10.6 Å². The van der Waals surface area contributed by atoms with Crippen molar-refractivity contribution in [3.8, 4) is 11.3 Å². The Hall–Kier alpha value is -4.55. The predicted octanol–water partition coefficient (Wildman–Crippen LogP) is 4.79. The van der Waals surface area contributed by atoms with Crippen LogP contribution in [0, 0.1) is 5.82 Å². The van der Waals surface area contributed by atoms with E-state index in [2.05, 4.69) is 31.0 Å². The van der Waals surface area contributed by atoms with Gasteiger partial charge in [0.2, 0.25) is 11.9 Å². The van der Waals surface area contributed by atoms with E-state index >= 15 is 0 Å². The van der Waals surface area contributed by atoms with Crippen LogP contribution < -0.4 is 16.0 Å². The maximum Gasteiger partial charge on any atom is 0.416 e. The third-order valence-electron chi connectivity index (χ3n) is 4.83. The summed E-state index contributed by atoms with van der Waals surface area (Å²) in [5.41, 5.74) is 0.327. The highest BCUT2D eigenvalue weighted by molar-refractivity contribution is 6.00. The number of fused-ring (bicyclic) bond motifs is 1. The third kappa shape index (κ3) is 5.18. The Balaban J connectivity index is 1.50. The summed E-state index contributed by atoms with van der Waals surface area (Å²) in [7, 11) is 1.68. The molecule has 180 valence electrons.